The number of methoxy groups -OCH3 is 1. The number of alkyl halides is 1. The molecule has 5 nitrogen and oxygen atoms in total. The van der Waals surface area contributed by atoms with Gasteiger partial charge in [-0.15, -0.1) is 0 Å². The lowest BCUT2D eigenvalue weighted by atomic mass is 9.92. The summed E-state index contributed by atoms with van der Waals surface area (Å²) in [5, 5.41) is 3.11. The van der Waals surface area contributed by atoms with Crippen LogP contribution in [0.5, 0.6) is 11.5 Å². The van der Waals surface area contributed by atoms with Crippen LogP contribution in [0.1, 0.15) is 28.8 Å². The van der Waals surface area contributed by atoms with Crippen molar-refractivity contribution in [1.82, 2.24) is 10.2 Å². The summed E-state index contributed by atoms with van der Waals surface area (Å²) in [7, 11) is 1.61. The predicted molar refractivity (Wildman–Crippen MR) is 111 cm³/mol. The number of halogens is 2. The molecule has 1 saturated heterocycles. The lowest BCUT2D eigenvalue weighted by Crippen LogP contribution is -2.49. The Morgan fingerprint density at radius 2 is 1.80 bits per heavy atom. The van der Waals surface area contributed by atoms with Crippen LogP contribution in [0.25, 0.3) is 0 Å². The van der Waals surface area contributed by atoms with Gasteiger partial charge in [-0.25, -0.2) is 8.78 Å². The van der Waals surface area contributed by atoms with E-state index in [1.54, 1.807) is 25.0 Å². The number of carbonyl (C=O) groups excluding carboxylic acids is 1. The van der Waals surface area contributed by atoms with Crippen molar-refractivity contribution in [2.24, 2.45) is 0 Å². The molecule has 2 aromatic carbocycles. The quantitative estimate of drug-likeness (QED) is 0.664. The number of hydrogen-bond acceptors (Lipinski definition) is 4. The summed E-state index contributed by atoms with van der Waals surface area (Å²) in [6.07, 6.45) is 0.538. The number of benzene rings is 2. The van der Waals surface area contributed by atoms with E-state index < -0.39 is 5.67 Å². The van der Waals surface area contributed by atoms with E-state index in [1.807, 2.05) is 24.3 Å². The molecule has 0 aromatic heterocycles. The van der Waals surface area contributed by atoms with Gasteiger partial charge in [0.2, 0.25) is 0 Å². The average molecular weight is 418 g/mol. The van der Waals surface area contributed by atoms with Crippen molar-refractivity contribution < 1.29 is 23.0 Å². The fourth-order valence-corrected chi connectivity index (χ4v) is 3.47. The third-order valence-electron chi connectivity index (χ3n) is 5.40. The van der Waals surface area contributed by atoms with Crippen LogP contribution in [0, 0.1) is 12.7 Å². The summed E-state index contributed by atoms with van der Waals surface area (Å²) in [5.74, 6) is 0.977. The number of ether oxygens (including phenoxy) is 2. The van der Waals surface area contributed by atoms with Crippen LogP contribution >= 0.6 is 0 Å². The van der Waals surface area contributed by atoms with E-state index in [0.717, 1.165) is 11.5 Å². The Hall–Kier alpha value is -2.67. The highest BCUT2D eigenvalue weighted by Crippen LogP contribution is 2.27. The summed E-state index contributed by atoms with van der Waals surface area (Å²) in [5.41, 5.74) is -0.483. The summed E-state index contributed by atoms with van der Waals surface area (Å²) in [4.78, 5) is 14.2. The van der Waals surface area contributed by atoms with Gasteiger partial charge in [-0.1, -0.05) is 0 Å². The standard InChI is InChI=1S/C23H28F2N2O3/c1-17-15-18(3-8-21(17)24)22(28)27-12-9-23(25,10-13-27)16-26-11-14-30-20-6-4-19(29-2)5-7-20/h3-8,15,26H,9-14,16H2,1-2H3. The van der Waals surface area contributed by atoms with E-state index in [2.05, 4.69) is 5.32 Å². The normalized spacial score (nSPS) is 15.7. The maximum absolute atomic E-state index is 15.1. The van der Waals surface area contributed by atoms with E-state index in [-0.39, 0.29) is 31.1 Å². The minimum absolute atomic E-state index is 0.180. The highest BCUT2D eigenvalue weighted by molar-refractivity contribution is 5.94. The zero-order valence-corrected chi connectivity index (χ0v) is 17.4. The van der Waals surface area contributed by atoms with E-state index in [0.29, 0.717) is 37.4 Å². The Balaban J connectivity index is 1.38. The minimum Gasteiger partial charge on any atom is -0.497 e. The molecule has 0 spiro atoms. The van der Waals surface area contributed by atoms with E-state index >= 15 is 4.39 Å². The van der Waals surface area contributed by atoms with Crippen LogP contribution in [0.2, 0.25) is 0 Å². The Kier molecular flexibility index (Phi) is 7.26. The molecule has 0 bridgehead atoms. The van der Waals surface area contributed by atoms with Crippen molar-refractivity contribution >= 4 is 5.91 Å². The molecule has 0 atom stereocenters. The molecule has 2 aromatic rings. The molecule has 0 aliphatic carbocycles. The van der Waals surface area contributed by atoms with Crippen LogP contribution in [0.3, 0.4) is 0 Å². The fraction of sp³-hybridized carbons (Fsp3) is 0.435. The minimum atomic E-state index is -1.35. The van der Waals surface area contributed by atoms with Crippen LogP contribution in [0.4, 0.5) is 8.78 Å². The van der Waals surface area contributed by atoms with Crippen LogP contribution < -0.4 is 14.8 Å². The third kappa shape index (κ3) is 5.69. The number of piperidine rings is 1. The Labute approximate surface area is 176 Å². The zero-order chi connectivity index (χ0) is 21.6. The van der Waals surface area contributed by atoms with Crippen molar-refractivity contribution in [2.45, 2.75) is 25.4 Å². The molecule has 30 heavy (non-hydrogen) atoms. The molecule has 1 amide bonds. The van der Waals surface area contributed by atoms with Crippen molar-refractivity contribution in [3.8, 4) is 11.5 Å². The van der Waals surface area contributed by atoms with Gasteiger partial charge < -0.3 is 19.7 Å². The van der Waals surface area contributed by atoms with Gasteiger partial charge in [-0.2, -0.15) is 0 Å². The fourth-order valence-electron chi connectivity index (χ4n) is 3.47. The van der Waals surface area contributed by atoms with Crippen molar-refractivity contribution in [2.75, 3.05) is 39.9 Å². The molecule has 1 heterocycles. The molecule has 0 radical (unpaired) electrons. The topological polar surface area (TPSA) is 50.8 Å². The largest absolute Gasteiger partial charge is 0.497 e. The molecule has 162 valence electrons. The molecule has 1 aliphatic heterocycles. The molecule has 1 aliphatic rings. The maximum atomic E-state index is 15.1. The SMILES string of the molecule is COc1ccc(OCCNCC2(F)CCN(C(=O)c3ccc(F)c(C)c3)CC2)cc1. The lowest BCUT2D eigenvalue weighted by Gasteiger charge is -2.36. The summed E-state index contributed by atoms with van der Waals surface area (Å²) >= 11 is 0. The van der Waals surface area contributed by atoms with E-state index in [9.17, 15) is 9.18 Å². The number of nitrogens with zero attached hydrogens (tertiary/aromatic N) is 1. The van der Waals surface area contributed by atoms with Crippen LogP contribution in [-0.4, -0.2) is 56.4 Å². The predicted octanol–water partition coefficient (Wildman–Crippen LogP) is 3.76. The van der Waals surface area contributed by atoms with Gasteiger partial charge in [-0.3, -0.25) is 4.79 Å². The smallest absolute Gasteiger partial charge is 0.253 e. The molecule has 0 saturated carbocycles. The number of likely N-dealkylation sites (tertiary alicyclic amines) is 1. The molecule has 0 unspecified atom stereocenters. The maximum Gasteiger partial charge on any atom is 0.253 e. The first-order valence-corrected chi connectivity index (χ1v) is 10.1. The number of aryl methyl sites for hydroxylation is 1. The summed E-state index contributed by atoms with van der Waals surface area (Å²) in [6, 6.07) is 11.6. The van der Waals surface area contributed by atoms with Gasteiger partial charge in [-0.05, 0) is 55.0 Å². The number of hydrogen-bond donors (Lipinski definition) is 1. The molecule has 1 fully saturated rings. The number of rotatable bonds is 8. The summed E-state index contributed by atoms with van der Waals surface area (Å²) < 4.78 is 39.2. The van der Waals surface area contributed by atoms with Gasteiger partial charge in [0.1, 0.15) is 29.6 Å². The van der Waals surface area contributed by atoms with Crippen molar-refractivity contribution in [1.29, 1.82) is 0 Å². The van der Waals surface area contributed by atoms with Gasteiger partial charge in [0.05, 0.1) is 7.11 Å². The second-order valence-electron chi connectivity index (χ2n) is 7.61. The first-order valence-electron chi connectivity index (χ1n) is 10.1. The van der Waals surface area contributed by atoms with Crippen LogP contribution in [0.15, 0.2) is 42.5 Å². The average Bonchev–Trinajstić information content (AvgIpc) is 2.76. The Bertz CT molecular complexity index is 850. The number of carbonyl (C=O) groups is 1. The first kappa shape index (κ1) is 22.0. The Morgan fingerprint density at radius 3 is 2.43 bits per heavy atom. The highest BCUT2D eigenvalue weighted by atomic mass is 19.1. The van der Waals surface area contributed by atoms with Crippen molar-refractivity contribution in [3.63, 3.8) is 0 Å². The third-order valence-corrected chi connectivity index (χ3v) is 5.40. The second-order valence-corrected chi connectivity index (χ2v) is 7.61. The van der Waals surface area contributed by atoms with Gasteiger partial charge in [0.25, 0.3) is 5.91 Å². The molecule has 3 rings (SSSR count). The molecule has 7 heteroatoms. The van der Waals surface area contributed by atoms with E-state index in [1.165, 1.54) is 12.1 Å². The van der Waals surface area contributed by atoms with Crippen LogP contribution in [-0.2, 0) is 0 Å². The number of nitrogens with one attached hydrogen (secondary N) is 1. The van der Waals surface area contributed by atoms with Gasteiger partial charge in [0, 0.05) is 44.6 Å². The van der Waals surface area contributed by atoms with E-state index in [4.69, 9.17) is 9.47 Å². The molecular weight excluding hydrogens is 390 g/mol. The highest BCUT2D eigenvalue weighted by Gasteiger charge is 2.35. The Morgan fingerprint density at radius 1 is 1.13 bits per heavy atom. The molecular formula is C23H28F2N2O3. The van der Waals surface area contributed by atoms with Gasteiger partial charge in [0.15, 0.2) is 0 Å². The monoisotopic (exact) mass is 418 g/mol. The molecule has 1 N–H and O–H groups in total. The van der Waals surface area contributed by atoms with Gasteiger partial charge >= 0.3 is 0 Å². The zero-order valence-electron chi connectivity index (χ0n) is 17.4. The second kappa shape index (κ2) is 9.89. The number of amides is 1. The summed E-state index contributed by atoms with van der Waals surface area (Å²) in [6.45, 7) is 3.48. The van der Waals surface area contributed by atoms with Crippen molar-refractivity contribution in [3.05, 3.63) is 59.4 Å². The first-order chi connectivity index (χ1) is 14.4. The lowest BCUT2D eigenvalue weighted by molar-refractivity contribution is 0.0433.